The van der Waals surface area contributed by atoms with Crippen LogP contribution in [0.2, 0.25) is 0 Å². The zero-order valence-electron chi connectivity index (χ0n) is 16.5. The predicted molar refractivity (Wildman–Crippen MR) is 118 cm³/mol. The first kappa shape index (κ1) is 17.8. The summed E-state index contributed by atoms with van der Waals surface area (Å²) in [6, 6.07) is 21.4. The van der Waals surface area contributed by atoms with Crippen molar-refractivity contribution in [3.63, 3.8) is 0 Å². The van der Waals surface area contributed by atoms with Crippen molar-refractivity contribution in [2.24, 2.45) is 0 Å². The molecule has 0 radical (unpaired) electrons. The van der Waals surface area contributed by atoms with Crippen LogP contribution in [0, 0.1) is 6.92 Å². The van der Waals surface area contributed by atoms with Crippen molar-refractivity contribution in [3.8, 4) is 11.3 Å². The van der Waals surface area contributed by atoms with E-state index in [4.69, 9.17) is 4.74 Å². The lowest BCUT2D eigenvalue weighted by Gasteiger charge is -2.29. The fraction of sp³-hybridized carbons (Fsp3) is 0.208. The summed E-state index contributed by atoms with van der Waals surface area (Å²) in [6.07, 6.45) is 3.86. The topological polar surface area (TPSA) is 41.8 Å². The fourth-order valence-electron chi connectivity index (χ4n) is 3.80. The number of rotatable bonds is 4. The molecule has 5 heteroatoms. The van der Waals surface area contributed by atoms with Gasteiger partial charge in [-0.05, 0) is 48.9 Å². The first-order valence-corrected chi connectivity index (χ1v) is 10.0. The third kappa shape index (κ3) is 3.57. The lowest BCUT2D eigenvalue weighted by molar-refractivity contribution is 0.122. The highest BCUT2D eigenvalue weighted by Gasteiger charge is 2.12. The van der Waals surface area contributed by atoms with Crippen LogP contribution < -0.4 is 10.2 Å². The van der Waals surface area contributed by atoms with Crippen LogP contribution in [-0.2, 0) is 4.74 Å². The Hall–Kier alpha value is -3.31. The number of hydrogen-bond donors (Lipinski definition) is 1. The maximum Gasteiger partial charge on any atom is 0.161 e. The molecule has 3 heterocycles. The minimum atomic E-state index is 0.797. The molecule has 29 heavy (non-hydrogen) atoms. The van der Waals surface area contributed by atoms with Crippen LogP contribution in [0.15, 0.2) is 73.1 Å². The smallest absolute Gasteiger partial charge is 0.161 e. The zero-order chi connectivity index (χ0) is 19.6. The van der Waals surface area contributed by atoms with Crippen molar-refractivity contribution in [2.75, 3.05) is 36.5 Å². The Morgan fingerprint density at radius 3 is 2.41 bits per heavy atom. The monoisotopic (exact) mass is 384 g/mol. The van der Waals surface area contributed by atoms with E-state index in [0.717, 1.165) is 49.0 Å². The van der Waals surface area contributed by atoms with Crippen LogP contribution in [0.5, 0.6) is 0 Å². The van der Waals surface area contributed by atoms with Crippen LogP contribution in [-0.4, -0.2) is 35.7 Å². The van der Waals surface area contributed by atoms with Gasteiger partial charge >= 0.3 is 0 Å². The molecular formula is C24H24N4O. The number of aromatic nitrogens is 2. The molecule has 5 nitrogen and oxygen atoms in total. The lowest BCUT2D eigenvalue weighted by atomic mass is 10.1. The maximum absolute atomic E-state index is 5.44. The summed E-state index contributed by atoms with van der Waals surface area (Å²) < 4.78 is 7.58. The molecule has 0 spiro atoms. The third-order valence-corrected chi connectivity index (χ3v) is 5.42. The Kier molecular flexibility index (Phi) is 4.66. The molecule has 0 amide bonds. The molecule has 2 aromatic carbocycles. The molecule has 5 rings (SSSR count). The molecule has 1 N–H and O–H groups in total. The summed E-state index contributed by atoms with van der Waals surface area (Å²) >= 11 is 0. The van der Waals surface area contributed by atoms with E-state index in [1.54, 1.807) is 0 Å². The van der Waals surface area contributed by atoms with Gasteiger partial charge in [0.1, 0.15) is 0 Å². The number of aryl methyl sites for hydroxylation is 1. The highest BCUT2D eigenvalue weighted by Crippen LogP contribution is 2.28. The number of nitrogens with zero attached hydrogens (tertiary/aromatic N) is 3. The SMILES string of the molecule is Cc1ccc(-c2ccc(Nc3ccc(N4CCOCC4)cc3)c3nccn23)cc1. The van der Waals surface area contributed by atoms with E-state index >= 15 is 0 Å². The van der Waals surface area contributed by atoms with E-state index in [2.05, 4.69) is 87.2 Å². The number of ether oxygens (including phenoxy) is 1. The van der Waals surface area contributed by atoms with Gasteiger partial charge in [0, 0.05) is 36.9 Å². The Morgan fingerprint density at radius 2 is 1.66 bits per heavy atom. The largest absolute Gasteiger partial charge is 0.378 e. The van der Waals surface area contributed by atoms with Crippen LogP contribution in [0.3, 0.4) is 0 Å². The average Bonchev–Trinajstić information content (AvgIpc) is 3.26. The summed E-state index contributed by atoms with van der Waals surface area (Å²) in [5.74, 6) is 0. The van der Waals surface area contributed by atoms with Gasteiger partial charge in [0.05, 0.1) is 24.6 Å². The molecule has 0 aliphatic carbocycles. The van der Waals surface area contributed by atoms with Crippen LogP contribution in [0.25, 0.3) is 16.9 Å². The van der Waals surface area contributed by atoms with E-state index in [9.17, 15) is 0 Å². The van der Waals surface area contributed by atoms with Gasteiger partial charge in [0.25, 0.3) is 0 Å². The average molecular weight is 384 g/mol. The van der Waals surface area contributed by atoms with Gasteiger partial charge in [-0.1, -0.05) is 29.8 Å². The van der Waals surface area contributed by atoms with Crippen LogP contribution in [0.1, 0.15) is 5.56 Å². The first-order chi connectivity index (χ1) is 14.3. The van der Waals surface area contributed by atoms with E-state index in [1.807, 2.05) is 12.4 Å². The Labute approximate surface area is 170 Å². The quantitative estimate of drug-likeness (QED) is 0.544. The number of nitrogens with one attached hydrogen (secondary N) is 1. The second kappa shape index (κ2) is 7.60. The molecule has 1 aliphatic rings. The van der Waals surface area contributed by atoms with E-state index < -0.39 is 0 Å². The molecule has 1 saturated heterocycles. The van der Waals surface area contributed by atoms with Crippen molar-refractivity contribution < 1.29 is 4.74 Å². The number of imidazole rings is 1. The predicted octanol–water partition coefficient (Wildman–Crippen LogP) is 4.89. The van der Waals surface area contributed by atoms with Crippen molar-refractivity contribution in [1.82, 2.24) is 9.38 Å². The second-order valence-corrected chi connectivity index (χ2v) is 7.39. The summed E-state index contributed by atoms with van der Waals surface area (Å²) in [7, 11) is 0. The van der Waals surface area contributed by atoms with E-state index in [1.165, 1.54) is 16.8 Å². The summed E-state index contributed by atoms with van der Waals surface area (Å²) in [4.78, 5) is 6.95. The third-order valence-electron chi connectivity index (χ3n) is 5.42. The Bertz CT molecular complexity index is 1110. The molecule has 2 aromatic heterocycles. The number of pyridine rings is 1. The summed E-state index contributed by atoms with van der Waals surface area (Å²) in [5.41, 5.74) is 7.76. The van der Waals surface area contributed by atoms with Gasteiger partial charge in [0.15, 0.2) is 5.65 Å². The molecule has 0 bridgehead atoms. The Balaban J connectivity index is 1.42. The molecule has 1 aliphatic heterocycles. The van der Waals surface area contributed by atoms with Crippen LogP contribution in [0.4, 0.5) is 17.1 Å². The molecule has 4 aromatic rings. The molecule has 146 valence electrons. The molecule has 0 unspecified atom stereocenters. The number of fused-ring (bicyclic) bond motifs is 1. The lowest BCUT2D eigenvalue weighted by Crippen LogP contribution is -2.36. The van der Waals surface area contributed by atoms with Crippen molar-refractivity contribution in [3.05, 3.63) is 78.6 Å². The van der Waals surface area contributed by atoms with E-state index in [0.29, 0.717) is 0 Å². The summed E-state index contributed by atoms with van der Waals surface area (Å²) in [5, 5.41) is 3.52. The minimum absolute atomic E-state index is 0.797. The molecular weight excluding hydrogens is 360 g/mol. The second-order valence-electron chi connectivity index (χ2n) is 7.39. The highest BCUT2D eigenvalue weighted by molar-refractivity contribution is 5.78. The standard InChI is InChI=1S/C24H24N4O/c1-18-2-4-19(5-3-18)23-11-10-22(24-25-12-13-28(23)24)26-20-6-8-21(9-7-20)27-14-16-29-17-15-27/h2-13,26H,14-17H2,1H3. The van der Waals surface area contributed by atoms with Crippen molar-refractivity contribution >= 4 is 22.7 Å². The maximum atomic E-state index is 5.44. The van der Waals surface area contributed by atoms with Gasteiger partial charge in [-0.2, -0.15) is 0 Å². The summed E-state index contributed by atoms with van der Waals surface area (Å²) in [6.45, 7) is 5.59. The van der Waals surface area contributed by atoms with Crippen LogP contribution >= 0.6 is 0 Å². The van der Waals surface area contributed by atoms with E-state index in [-0.39, 0.29) is 0 Å². The zero-order valence-corrected chi connectivity index (χ0v) is 16.5. The van der Waals surface area contributed by atoms with Gasteiger partial charge in [-0.25, -0.2) is 4.98 Å². The first-order valence-electron chi connectivity index (χ1n) is 10.0. The fourth-order valence-corrected chi connectivity index (χ4v) is 3.80. The normalized spacial score (nSPS) is 14.3. The van der Waals surface area contributed by atoms with Gasteiger partial charge in [-0.3, -0.25) is 4.40 Å². The van der Waals surface area contributed by atoms with Gasteiger partial charge in [-0.15, -0.1) is 0 Å². The van der Waals surface area contributed by atoms with Gasteiger partial charge < -0.3 is 15.0 Å². The van der Waals surface area contributed by atoms with Crippen molar-refractivity contribution in [2.45, 2.75) is 6.92 Å². The Morgan fingerprint density at radius 1 is 0.897 bits per heavy atom. The molecule has 0 atom stereocenters. The number of benzene rings is 2. The van der Waals surface area contributed by atoms with Gasteiger partial charge in [0.2, 0.25) is 0 Å². The number of morpholine rings is 1. The number of anilines is 3. The van der Waals surface area contributed by atoms with Crippen molar-refractivity contribution in [1.29, 1.82) is 0 Å². The number of hydrogen-bond acceptors (Lipinski definition) is 4. The minimum Gasteiger partial charge on any atom is -0.378 e. The highest BCUT2D eigenvalue weighted by atomic mass is 16.5. The molecule has 1 fully saturated rings. The molecule has 0 saturated carbocycles.